The van der Waals surface area contributed by atoms with Crippen molar-refractivity contribution < 1.29 is 13.5 Å². The van der Waals surface area contributed by atoms with Crippen LogP contribution in [0.5, 0.6) is 0 Å². The fourth-order valence-corrected chi connectivity index (χ4v) is 4.24. The zero-order chi connectivity index (χ0) is 15.0. The van der Waals surface area contributed by atoms with Crippen molar-refractivity contribution in [1.29, 1.82) is 0 Å². The molecule has 0 spiro atoms. The average molecular weight is 303 g/mol. The Balaban J connectivity index is 1.94. The molecule has 0 aliphatic carbocycles. The van der Waals surface area contributed by atoms with Crippen molar-refractivity contribution in [1.82, 2.24) is 4.31 Å². The number of nitrogens with zero attached hydrogens (tertiary/aromatic N) is 1. The van der Waals surface area contributed by atoms with E-state index in [9.17, 15) is 13.5 Å². The quantitative estimate of drug-likeness (QED) is 0.944. The van der Waals surface area contributed by atoms with E-state index >= 15 is 0 Å². The molecule has 5 heteroatoms. The lowest BCUT2D eigenvalue weighted by Gasteiger charge is -2.44. The minimum absolute atomic E-state index is 0.135. The summed E-state index contributed by atoms with van der Waals surface area (Å²) < 4.78 is 26.7. The normalized spacial score (nSPS) is 22.8. The molecule has 1 N–H and O–H groups in total. The zero-order valence-electron chi connectivity index (χ0n) is 11.7. The molecule has 1 aliphatic rings. The van der Waals surface area contributed by atoms with Gasteiger partial charge in [-0.3, -0.25) is 0 Å². The smallest absolute Gasteiger partial charge is 0.243 e. The second-order valence-electron chi connectivity index (χ2n) is 5.31. The molecule has 1 fully saturated rings. The first-order valence-electron chi connectivity index (χ1n) is 6.81. The van der Waals surface area contributed by atoms with Crippen molar-refractivity contribution in [3.05, 3.63) is 65.7 Å². The maximum Gasteiger partial charge on any atom is 0.243 e. The highest BCUT2D eigenvalue weighted by atomic mass is 32.2. The van der Waals surface area contributed by atoms with Crippen LogP contribution in [-0.2, 0) is 10.0 Å². The van der Waals surface area contributed by atoms with Crippen molar-refractivity contribution in [3.63, 3.8) is 0 Å². The van der Waals surface area contributed by atoms with E-state index in [0.29, 0.717) is 0 Å². The second kappa shape index (κ2) is 5.26. The highest BCUT2D eigenvalue weighted by molar-refractivity contribution is 7.89. The first-order valence-corrected chi connectivity index (χ1v) is 8.26. The third-order valence-corrected chi connectivity index (χ3v) is 5.67. The molecule has 1 heterocycles. The summed E-state index contributed by atoms with van der Waals surface area (Å²) in [6, 6.07) is 15.5. The summed E-state index contributed by atoms with van der Waals surface area (Å²) in [6.45, 7) is 2.05. The Morgan fingerprint density at radius 1 is 1.05 bits per heavy atom. The van der Waals surface area contributed by atoms with Gasteiger partial charge in [0, 0.05) is 6.54 Å². The molecule has 2 aromatic carbocycles. The van der Waals surface area contributed by atoms with Gasteiger partial charge in [-0.2, -0.15) is 4.31 Å². The van der Waals surface area contributed by atoms with E-state index < -0.39 is 22.2 Å². The fourth-order valence-electron chi connectivity index (χ4n) is 2.58. The molecule has 110 valence electrons. The molecule has 0 saturated carbocycles. The Labute approximate surface area is 124 Å². The third kappa shape index (κ3) is 2.48. The Bertz CT molecular complexity index is 726. The molecule has 0 amide bonds. The molecule has 1 aliphatic heterocycles. The average Bonchev–Trinajstić information content (AvgIpc) is 2.46. The summed E-state index contributed by atoms with van der Waals surface area (Å²) in [5, 5.41) is 9.98. The minimum atomic E-state index is -3.58. The van der Waals surface area contributed by atoms with Gasteiger partial charge in [-0.1, -0.05) is 48.0 Å². The maximum atomic E-state index is 12.7. The van der Waals surface area contributed by atoms with Gasteiger partial charge in [-0.15, -0.1) is 0 Å². The number of benzene rings is 2. The van der Waals surface area contributed by atoms with Gasteiger partial charge in [0.2, 0.25) is 10.0 Å². The molecule has 1 saturated heterocycles. The van der Waals surface area contributed by atoms with E-state index in [1.807, 2.05) is 37.3 Å². The van der Waals surface area contributed by atoms with Crippen molar-refractivity contribution in [2.45, 2.75) is 24.0 Å². The summed E-state index contributed by atoms with van der Waals surface area (Å²) in [4.78, 5) is 0.265. The Morgan fingerprint density at radius 2 is 1.67 bits per heavy atom. The number of rotatable bonds is 3. The van der Waals surface area contributed by atoms with Crippen molar-refractivity contribution >= 4 is 10.0 Å². The van der Waals surface area contributed by atoms with Gasteiger partial charge in [0.05, 0.1) is 17.0 Å². The molecule has 0 aromatic heterocycles. The SMILES string of the molecule is Cc1ccc(S(=O)(=O)N2CC(O)[C@H]2c2ccccc2)cc1. The lowest BCUT2D eigenvalue weighted by Crippen LogP contribution is -2.55. The van der Waals surface area contributed by atoms with Gasteiger partial charge in [0.25, 0.3) is 0 Å². The highest BCUT2D eigenvalue weighted by Gasteiger charge is 2.46. The van der Waals surface area contributed by atoms with E-state index in [1.165, 1.54) is 4.31 Å². The number of β-amino-alcohol motifs (C(OH)–C–C–N with tert-alkyl or cyclic N) is 1. The van der Waals surface area contributed by atoms with Crippen molar-refractivity contribution in [3.8, 4) is 0 Å². The summed E-state index contributed by atoms with van der Waals surface area (Å²) in [5.74, 6) is 0. The lowest BCUT2D eigenvalue weighted by molar-refractivity contribution is -0.00935. The Hall–Kier alpha value is -1.69. The summed E-state index contributed by atoms with van der Waals surface area (Å²) in [5.41, 5.74) is 1.82. The number of hydrogen-bond donors (Lipinski definition) is 1. The molecule has 2 atom stereocenters. The maximum absolute atomic E-state index is 12.7. The second-order valence-corrected chi connectivity index (χ2v) is 7.20. The molecule has 1 unspecified atom stereocenters. The molecular formula is C16H17NO3S. The van der Waals surface area contributed by atoms with Crippen LogP contribution in [0.1, 0.15) is 17.2 Å². The van der Waals surface area contributed by atoms with Crippen molar-refractivity contribution in [2.75, 3.05) is 6.54 Å². The molecule has 4 nitrogen and oxygen atoms in total. The molecule has 0 bridgehead atoms. The molecule has 3 rings (SSSR count). The standard InChI is InChI=1S/C16H17NO3S/c1-12-7-9-14(10-8-12)21(19,20)17-11-15(18)16(17)13-5-3-2-4-6-13/h2-10,15-16,18H,11H2,1H3/t15?,16-/m1/s1. The number of aliphatic hydroxyl groups is 1. The molecule has 0 radical (unpaired) electrons. The van der Waals surface area contributed by atoms with Gasteiger partial charge in [0.15, 0.2) is 0 Å². The van der Waals surface area contributed by atoms with Gasteiger partial charge in [-0.05, 0) is 24.6 Å². The predicted molar refractivity (Wildman–Crippen MR) is 80.3 cm³/mol. The van der Waals surface area contributed by atoms with Crippen LogP contribution in [-0.4, -0.2) is 30.5 Å². The fraction of sp³-hybridized carbons (Fsp3) is 0.250. The highest BCUT2D eigenvalue weighted by Crippen LogP contribution is 2.38. The van der Waals surface area contributed by atoms with Crippen LogP contribution >= 0.6 is 0 Å². The van der Waals surface area contributed by atoms with Gasteiger partial charge < -0.3 is 5.11 Å². The van der Waals surface area contributed by atoms with Gasteiger partial charge in [-0.25, -0.2) is 8.42 Å². The van der Waals surface area contributed by atoms with Crippen LogP contribution in [0.2, 0.25) is 0 Å². The lowest BCUT2D eigenvalue weighted by atomic mass is 9.95. The first-order chi connectivity index (χ1) is 10.00. The predicted octanol–water partition coefficient (Wildman–Crippen LogP) is 2.10. The number of hydrogen-bond acceptors (Lipinski definition) is 3. The van der Waals surface area contributed by atoms with E-state index in [4.69, 9.17) is 0 Å². The largest absolute Gasteiger partial charge is 0.390 e. The number of aliphatic hydroxyl groups excluding tert-OH is 1. The van der Waals surface area contributed by atoms with Gasteiger partial charge in [0.1, 0.15) is 0 Å². The van der Waals surface area contributed by atoms with Crippen LogP contribution in [0.25, 0.3) is 0 Å². The first kappa shape index (κ1) is 14.3. The molecule has 2 aromatic rings. The number of aryl methyl sites for hydroxylation is 1. The summed E-state index contributed by atoms with van der Waals surface area (Å²) in [6.07, 6.45) is -0.660. The summed E-state index contributed by atoms with van der Waals surface area (Å²) in [7, 11) is -3.58. The topological polar surface area (TPSA) is 57.6 Å². The van der Waals surface area contributed by atoms with Crippen LogP contribution in [0.4, 0.5) is 0 Å². The Morgan fingerprint density at radius 3 is 2.24 bits per heavy atom. The third-order valence-electron chi connectivity index (χ3n) is 3.81. The van der Waals surface area contributed by atoms with Crippen LogP contribution in [0, 0.1) is 6.92 Å². The minimum Gasteiger partial charge on any atom is -0.390 e. The van der Waals surface area contributed by atoms with E-state index in [2.05, 4.69) is 0 Å². The van der Waals surface area contributed by atoms with Crippen LogP contribution in [0.15, 0.2) is 59.5 Å². The Kier molecular flexibility index (Phi) is 3.57. The monoisotopic (exact) mass is 303 g/mol. The molecular weight excluding hydrogens is 286 g/mol. The van der Waals surface area contributed by atoms with Crippen LogP contribution in [0.3, 0.4) is 0 Å². The van der Waals surface area contributed by atoms with Crippen molar-refractivity contribution in [2.24, 2.45) is 0 Å². The van der Waals surface area contributed by atoms with Crippen LogP contribution < -0.4 is 0 Å². The van der Waals surface area contributed by atoms with E-state index in [1.54, 1.807) is 24.3 Å². The van der Waals surface area contributed by atoms with Gasteiger partial charge >= 0.3 is 0 Å². The zero-order valence-corrected chi connectivity index (χ0v) is 12.5. The summed E-state index contributed by atoms with van der Waals surface area (Å²) >= 11 is 0. The van der Waals surface area contributed by atoms with E-state index in [-0.39, 0.29) is 11.4 Å². The molecule has 21 heavy (non-hydrogen) atoms. The van der Waals surface area contributed by atoms with E-state index in [0.717, 1.165) is 11.1 Å². The number of sulfonamides is 1.